The average molecular weight is 259 g/mol. The van der Waals surface area contributed by atoms with Gasteiger partial charge in [-0.1, -0.05) is 64.7 Å². The fourth-order valence-corrected chi connectivity index (χ4v) is 3.28. The molecule has 0 aromatic carbocycles. The Hall–Kier alpha value is 0.177. The van der Waals surface area contributed by atoms with Crippen molar-refractivity contribution in [3.05, 3.63) is 0 Å². The largest absolute Gasteiger partial charge is 0.419 e. The topological polar surface area (TPSA) is 9.23 Å². The van der Waals surface area contributed by atoms with Gasteiger partial charge in [-0.05, 0) is 26.8 Å². The van der Waals surface area contributed by atoms with Gasteiger partial charge in [-0.2, -0.15) is 0 Å². The zero-order valence-electron chi connectivity index (χ0n) is 12.7. The first-order valence-electron chi connectivity index (χ1n) is 7.70. The van der Waals surface area contributed by atoms with Crippen LogP contribution in [0.3, 0.4) is 0 Å². The maximum atomic E-state index is 5.84. The lowest BCUT2D eigenvalue weighted by molar-refractivity contribution is 0.138. The minimum absolute atomic E-state index is 0.103. The molecule has 17 heavy (non-hydrogen) atoms. The van der Waals surface area contributed by atoms with Gasteiger partial charge in [0.2, 0.25) is 0 Å². The van der Waals surface area contributed by atoms with Crippen LogP contribution in [0.15, 0.2) is 0 Å². The molecule has 0 radical (unpaired) electrons. The minimum atomic E-state index is -0.244. The number of hydrogen-bond acceptors (Lipinski definition) is 1. The van der Waals surface area contributed by atoms with E-state index in [1.54, 1.807) is 0 Å². The Morgan fingerprint density at radius 3 is 1.71 bits per heavy atom. The summed E-state index contributed by atoms with van der Waals surface area (Å²) in [6, 6.07) is 1.37. The van der Waals surface area contributed by atoms with Crippen LogP contribution in [0.5, 0.6) is 0 Å². The van der Waals surface area contributed by atoms with Gasteiger partial charge in [0, 0.05) is 5.60 Å². The molecule has 1 nitrogen and oxygen atoms in total. The molecule has 0 aliphatic carbocycles. The lowest BCUT2D eigenvalue weighted by Gasteiger charge is -2.19. The fourth-order valence-electron chi connectivity index (χ4n) is 1.97. The normalized spacial score (nSPS) is 12.7. The summed E-state index contributed by atoms with van der Waals surface area (Å²) in [6.45, 7) is 8.77. The highest BCUT2D eigenvalue weighted by molar-refractivity contribution is 6.27. The van der Waals surface area contributed by atoms with Crippen molar-refractivity contribution in [1.82, 2.24) is 0 Å². The lowest BCUT2D eigenvalue weighted by atomic mass is 10.1. The standard InChI is InChI=1S/C15H34OSi/c1-5-6-7-8-9-10-11-12-13-14-17-16-15(2,3)4/h5-14,17H2,1-4H3. The van der Waals surface area contributed by atoms with Crippen molar-refractivity contribution in [3.8, 4) is 0 Å². The molecule has 0 fully saturated rings. The van der Waals surface area contributed by atoms with E-state index < -0.39 is 0 Å². The van der Waals surface area contributed by atoms with Crippen molar-refractivity contribution in [2.45, 2.75) is 97.1 Å². The molecule has 0 rings (SSSR count). The van der Waals surface area contributed by atoms with Crippen LogP contribution < -0.4 is 0 Å². The van der Waals surface area contributed by atoms with Crippen LogP contribution in [0.1, 0.15) is 85.5 Å². The molecule has 0 atom stereocenters. The molecule has 0 saturated heterocycles. The third kappa shape index (κ3) is 16.2. The van der Waals surface area contributed by atoms with Gasteiger partial charge in [0.05, 0.1) is 0 Å². The van der Waals surface area contributed by atoms with Crippen molar-refractivity contribution in [2.24, 2.45) is 0 Å². The van der Waals surface area contributed by atoms with Crippen LogP contribution in [-0.4, -0.2) is 15.4 Å². The molecule has 0 unspecified atom stereocenters. The zero-order chi connectivity index (χ0) is 13.0. The third-order valence-corrected chi connectivity index (χ3v) is 4.89. The van der Waals surface area contributed by atoms with E-state index in [9.17, 15) is 0 Å². The highest BCUT2D eigenvalue weighted by Crippen LogP contribution is 2.11. The smallest absolute Gasteiger partial charge is 0.162 e. The van der Waals surface area contributed by atoms with E-state index in [0.29, 0.717) is 0 Å². The van der Waals surface area contributed by atoms with Crippen molar-refractivity contribution < 1.29 is 4.43 Å². The molecule has 0 amide bonds. The first-order chi connectivity index (χ1) is 8.06. The molecule has 0 bridgehead atoms. The first-order valence-corrected chi connectivity index (χ1v) is 9.28. The minimum Gasteiger partial charge on any atom is -0.419 e. The van der Waals surface area contributed by atoms with Crippen LogP contribution in [0.4, 0.5) is 0 Å². The highest BCUT2D eigenvalue weighted by atomic mass is 28.2. The molecular weight excluding hydrogens is 224 g/mol. The lowest BCUT2D eigenvalue weighted by Crippen LogP contribution is -2.21. The monoisotopic (exact) mass is 258 g/mol. The van der Waals surface area contributed by atoms with Gasteiger partial charge in [0.15, 0.2) is 9.76 Å². The van der Waals surface area contributed by atoms with Crippen molar-refractivity contribution in [1.29, 1.82) is 0 Å². The maximum absolute atomic E-state index is 5.84. The van der Waals surface area contributed by atoms with Gasteiger partial charge in [-0.3, -0.25) is 0 Å². The second-order valence-corrected chi connectivity index (χ2v) is 7.55. The van der Waals surface area contributed by atoms with Gasteiger partial charge < -0.3 is 4.43 Å². The molecule has 0 aliphatic heterocycles. The van der Waals surface area contributed by atoms with E-state index in [1.807, 2.05) is 0 Å². The SMILES string of the molecule is CCCCCCCCCCC[SiH2]OC(C)(C)C. The van der Waals surface area contributed by atoms with Crippen molar-refractivity contribution >= 4 is 9.76 Å². The Balaban J connectivity index is 2.99. The summed E-state index contributed by atoms with van der Waals surface area (Å²) in [6.07, 6.45) is 12.9. The molecule has 0 aromatic rings. The number of rotatable bonds is 11. The molecule has 0 N–H and O–H groups in total. The van der Waals surface area contributed by atoms with Gasteiger partial charge in [0.25, 0.3) is 0 Å². The Labute approximate surface area is 112 Å². The summed E-state index contributed by atoms with van der Waals surface area (Å²) in [5.41, 5.74) is 0.103. The van der Waals surface area contributed by atoms with Crippen LogP contribution >= 0.6 is 0 Å². The molecule has 0 aromatic heterocycles. The summed E-state index contributed by atoms with van der Waals surface area (Å²) in [4.78, 5) is 0. The molecule has 0 heterocycles. The molecule has 0 spiro atoms. The Kier molecular flexibility index (Phi) is 11.4. The van der Waals surface area contributed by atoms with Crippen LogP contribution in [0.2, 0.25) is 6.04 Å². The second-order valence-electron chi connectivity index (χ2n) is 6.14. The highest BCUT2D eigenvalue weighted by Gasteiger charge is 2.08. The Morgan fingerprint density at radius 1 is 0.765 bits per heavy atom. The molecule has 0 aliphatic rings. The zero-order valence-corrected chi connectivity index (χ0v) is 14.1. The van der Waals surface area contributed by atoms with E-state index >= 15 is 0 Å². The van der Waals surface area contributed by atoms with E-state index in [2.05, 4.69) is 27.7 Å². The molecular formula is C15H34OSi. The van der Waals surface area contributed by atoms with Crippen LogP contribution in [0, 0.1) is 0 Å². The van der Waals surface area contributed by atoms with E-state index in [4.69, 9.17) is 4.43 Å². The van der Waals surface area contributed by atoms with Crippen LogP contribution in [0.25, 0.3) is 0 Å². The van der Waals surface area contributed by atoms with E-state index in [-0.39, 0.29) is 15.4 Å². The number of hydrogen-bond donors (Lipinski definition) is 0. The van der Waals surface area contributed by atoms with Gasteiger partial charge in [-0.25, -0.2) is 0 Å². The second kappa shape index (κ2) is 11.3. The fraction of sp³-hybridized carbons (Fsp3) is 1.00. The van der Waals surface area contributed by atoms with Gasteiger partial charge in [0.1, 0.15) is 0 Å². The van der Waals surface area contributed by atoms with Crippen molar-refractivity contribution in [2.75, 3.05) is 0 Å². The molecule has 0 saturated carbocycles. The third-order valence-electron chi connectivity index (χ3n) is 3.03. The summed E-state index contributed by atoms with van der Waals surface area (Å²) >= 11 is 0. The summed E-state index contributed by atoms with van der Waals surface area (Å²) in [5, 5.41) is 0. The van der Waals surface area contributed by atoms with E-state index in [1.165, 1.54) is 63.8 Å². The maximum Gasteiger partial charge on any atom is 0.162 e. The van der Waals surface area contributed by atoms with Crippen LogP contribution in [-0.2, 0) is 4.43 Å². The predicted octanol–water partition coefficient (Wildman–Crippen LogP) is 4.83. The number of unbranched alkanes of at least 4 members (excludes halogenated alkanes) is 8. The quantitative estimate of drug-likeness (QED) is 0.381. The Morgan fingerprint density at radius 2 is 1.24 bits per heavy atom. The molecule has 104 valence electrons. The average Bonchev–Trinajstić information content (AvgIpc) is 2.24. The summed E-state index contributed by atoms with van der Waals surface area (Å²) in [5.74, 6) is 0. The van der Waals surface area contributed by atoms with E-state index in [0.717, 1.165) is 0 Å². The predicted molar refractivity (Wildman–Crippen MR) is 81.4 cm³/mol. The van der Waals surface area contributed by atoms with Gasteiger partial charge >= 0.3 is 0 Å². The van der Waals surface area contributed by atoms with Crippen molar-refractivity contribution in [3.63, 3.8) is 0 Å². The summed E-state index contributed by atoms with van der Waals surface area (Å²) < 4.78 is 5.84. The molecule has 2 heteroatoms. The Bertz CT molecular complexity index is 151. The summed E-state index contributed by atoms with van der Waals surface area (Å²) in [7, 11) is -0.244. The first kappa shape index (κ1) is 17.2. The van der Waals surface area contributed by atoms with Gasteiger partial charge in [-0.15, -0.1) is 0 Å².